The fraction of sp³-hybridized carbons (Fsp3) is 0. The van der Waals surface area contributed by atoms with E-state index < -0.39 is 31.3 Å². The van der Waals surface area contributed by atoms with Crippen molar-refractivity contribution in [2.24, 2.45) is 0 Å². The van der Waals surface area contributed by atoms with Gasteiger partial charge in [0.05, 0.1) is 9.60 Å². The average molecular weight is 235 g/mol. The van der Waals surface area contributed by atoms with Gasteiger partial charge >= 0.3 is 7.12 Å². The number of hydrogen-bond acceptors (Lipinski definition) is 3. The lowest BCUT2D eigenvalue weighted by Gasteiger charge is -1.99. The van der Waals surface area contributed by atoms with Gasteiger partial charge in [0, 0.05) is 14.8 Å². The molecule has 0 atom stereocenters. The molecule has 0 aliphatic carbocycles. The van der Waals surface area contributed by atoms with Gasteiger partial charge in [-0.25, -0.2) is 0 Å². The van der Waals surface area contributed by atoms with E-state index in [-0.39, 0.29) is 43.8 Å². The van der Waals surface area contributed by atoms with Gasteiger partial charge in [0.1, 0.15) is 0 Å². The minimum absolute atomic E-state index is 0.0427. The highest BCUT2D eigenvalue weighted by atomic mass is 32.1. The summed E-state index contributed by atoms with van der Waals surface area (Å²) in [7, 11) is -2.04. The summed E-state index contributed by atoms with van der Waals surface area (Å²) in [5, 5.41) is 19.2. The first-order chi connectivity index (χ1) is 10.7. The fourth-order valence-corrected chi connectivity index (χ4v) is 2.61. The molecule has 78 valence electrons. The largest absolute Gasteiger partial charge is 0.489 e. The molecule has 0 aliphatic heterocycles. The first-order valence-corrected chi connectivity index (χ1v) is 5.28. The van der Waals surface area contributed by atoms with Crippen molar-refractivity contribution in [3.05, 3.63) is 42.3 Å². The minimum atomic E-state index is -2.04. The first kappa shape index (κ1) is 4.88. The quantitative estimate of drug-likeness (QED) is 0.630. The number of hydrogen-bond donors (Lipinski definition) is 2. The van der Waals surface area contributed by atoms with Crippen LogP contribution in [0.25, 0.3) is 20.2 Å². The van der Waals surface area contributed by atoms with Crippen LogP contribution in [0.2, 0.25) is 0 Å². The van der Waals surface area contributed by atoms with Crippen LogP contribution in [0.4, 0.5) is 0 Å². The predicted molar refractivity (Wildman–Crippen MR) is 69.2 cm³/mol. The smallest absolute Gasteiger partial charge is 0.423 e. The van der Waals surface area contributed by atoms with Crippen molar-refractivity contribution in [3.63, 3.8) is 0 Å². The van der Waals surface area contributed by atoms with Crippen molar-refractivity contribution in [3.8, 4) is 0 Å². The van der Waals surface area contributed by atoms with Gasteiger partial charge in [-0.05, 0) is 16.9 Å². The highest BCUT2D eigenvalue weighted by Gasteiger charge is 2.16. The Morgan fingerprint density at radius 2 is 1.75 bits per heavy atom. The summed E-state index contributed by atoms with van der Waals surface area (Å²) in [5.74, 6) is 0. The summed E-state index contributed by atoms with van der Waals surface area (Å²) < 4.78 is 55.4. The van der Waals surface area contributed by atoms with Gasteiger partial charge < -0.3 is 10.0 Å². The fourth-order valence-electron chi connectivity index (χ4n) is 1.53. The number of fused-ring (bicyclic) bond motifs is 3. The minimum Gasteiger partial charge on any atom is -0.423 e. The second-order valence-corrected chi connectivity index (χ2v) is 4.19. The summed E-state index contributed by atoms with van der Waals surface area (Å²) in [5.41, 5.74) is -0.265. The Hall–Kier alpha value is -1.36. The summed E-state index contributed by atoms with van der Waals surface area (Å²) >= 11 is 0.863. The molecule has 3 rings (SSSR count). The lowest BCUT2D eigenvalue weighted by Crippen LogP contribution is -2.29. The number of thiophene rings is 1. The van der Waals surface area contributed by atoms with E-state index >= 15 is 0 Å². The molecule has 1 heterocycles. The molecule has 16 heavy (non-hydrogen) atoms. The Kier molecular flexibility index (Phi) is 1.09. The van der Waals surface area contributed by atoms with Crippen LogP contribution in [0, 0.1) is 0 Å². The van der Waals surface area contributed by atoms with Gasteiger partial charge in [0.25, 0.3) is 0 Å². The van der Waals surface area contributed by atoms with Crippen molar-refractivity contribution in [2.75, 3.05) is 0 Å². The van der Waals surface area contributed by atoms with Crippen LogP contribution < -0.4 is 5.46 Å². The van der Waals surface area contributed by atoms with Crippen LogP contribution in [0.3, 0.4) is 0 Å². The highest BCUT2D eigenvalue weighted by molar-refractivity contribution is 7.27. The third-order valence-electron chi connectivity index (χ3n) is 2.22. The van der Waals surface area contributed by atoms with Crippen LogP contribution in [-0.2, 0) is 0 Å². The van der Waals surface area contributed by atoms with Crippen molar-refractivity contribution in [2.45, 2.75) is 0 Å². The molecule has 0 aliphatic rings. The third-order valence-corrected chi connectivity index (χ3v) is 3.36. The van der Waals surface area contributed by atoms with Crippen LogP contribution in [0.15, 0.2) is 42.3 Å². The molecule has 0 spiro atoms. The summed E-state index contributed by atoms with van der Waals surface area (Å²) in [6, 6.07) is -2.93. The molecular formula is C12H9BO2S. The van der Waals surface area contributed by atoms with E-state index in [1.165, 1.54) is 0 Å². The van der Waals surface area contributed by atoms with E-state index in [0.29, 0.717) is 0 Å². The lowest BCUT2D eigenvalue weighted by atomic mass is 9.80. The SMILES string of the molecule is [2H]c1c([2H])c([2H])c2c(sc3c(B(O)O)c([2H])c([2H])c([2H])c32)c1[2H]. The maximum Gasteiger partial charge on any atom is 0.489 e. The van der Waals surface area contributed by atoms with Crippen molar-refractivity contribution in [1.29, 1.82) is 0 Å². The Bertz CT molecular complexity index is 986. The maximum atomic E-state index is 9.52. The molecule has 2 N–H and O–H groups in total. The van der Waals surface area contributed by atoms with Gasteiger partial charge in [-0.3, -0.25) is 0 Å². The van der Waals surface area contributed by atoms with E-state index in [1.54, 1.807) is 0 Å². The summed E-state index contributed by atoms with van der Waals surface area (Å²) in [6.45, 7) is 0. The van der Waals surface area contributed by atoms with Crippen LogP contribution in [-0.4, -0.2) is 17.2 Å². The van der Waals surface area contributed by atoms with Crippen molar-refractivity contribution < 1.29 is 19.6 Å². The standard InChI is InChI=1S/C12H9BO2S/c14-13(15)10-6-3-5-9-8-4-1-2-7-11(8)16-12(9)10/h1-7,14-15H/i1D,2D,3D,4D,5D,6D,7D. The molecule has 0 saturated heterocycles. The Morgan fingerprint density at radius 1 is 1.00 bits per heavy atom. The molecule has 3 aromatic rings. The summed E-state index contributed by atoms with van der Waals surface area (Å²) in [4.78, 5) is 0. The van der Waals surface area contributed by atoms with Crippen LogP contribution >= 0.6 is 11.3 Å². The van der Waals surface area contributed by atoms with Crippen LogP contribution in [0.1, 0.15) is 9.60 Å². The monoisotopic (exact) mass is 235 g/mol. The molecule has 2 nitrogen and oxygen atoms in total. The molecule has 4 heteroatoms. The third kappa shape index (κ3) is 1.35. The number of benzene rings is 2. The highest BCUT2D eigenvalue weighted by Crippen LogP contribution is 2.32. The van der Waals surface area contributed by atoms with Gasteiger partial charge in [0.15, 0.2) is 0 Å². The molecule has 0 radical (unpaired) electrons. The zero-order valence-electron chi connectivity index (χ0n) is 14.9. The second kappa shape index (κ2) is 3.59. The normalized spacial score (nSPS) is 17.2. The average Bonchev–Trinajstić information content (AvgIpc) is 2.88. The molecule has 0 amide bonds. The van der Waals surface area contributed by atoms with E-state index in [1.807, 2.05) is 0 Å². The molecular weight excluding hydrogens is 219 g/mol. The second-order valence-electron chi connectivity index (χ2n) is 3.17. The molecule has 0 saturated carbocycles. The van der Waals surface area contributed by atoms with Crippen molar-refractivity contribution >= 4 is 44.1 Å². The molecule has 0 bridgehead atoms. The Balaban J connectivity index is 2.72. The van der Waals surface area contributed by atoms with E-state index in [4.69, 9.17) is 9.60 Å². The molecule has 2 aromatic carbocycles. The van der Waals surface area contributed by atoms with E-state index in [9.17, 15) is 10.0 Å². The van der Waals surface area contributed by atoms with Gasteiger partial charge in [-0.1, -0.05) is 36.3 Å². The lowest BCUT2D eigenvalue weighted by molar-refractivity contribution is 0.426. The Morgan fingerprint density at radius 3 is 2.56 bits per heavy atom. The molecule has 0 unspecified atom stereocenters. The van der Waals surface area contributed by atoms with Crippen molar-refractivity contribution in [1.82, 2.24) is 0 Å². The molecule has 0 fully saturated rings. The summed E-state index contributed by atoms with van der Waals surface area (Å²) in [6.07, 6.45) is 0. The zero-order valence-corrected chi connectivity index (χ0v) is 8.70. The topological polar surface area (TPSA) is 40.5 Å². The predicted octanol–water partition coefficient (Wildman–Crippen LogP) is 1.73. The van der Waals surface area contributed by atoms with Gasteiger partial charge in [-0.2, -0.15) is 0 Å². The maximum absolute atomic E-state index is 9.52. The van der Waals surface area contributed by atoms with Gasteiger partial charge in [0.2, 0.25) is 0 Å². The molecule has 1 aromatic heterocycles. The number of rotatable bonds is 1. The van der Waals surface area contributed by atoms with E-state index in [0.717, 1.165) is 11.3 Å². The zero-order chi connectivity index (χ0) is 17.2. The van der Waals surface area contributed by atoms with Gasteiger partial charge in [-0.15, -0.1) is 11.3 Å². The van der Waals surface area contributed by atoms with E-state index in [2.05, 4.69) is 0 Å². The van der Waals surface area contributed by atoms with Crippen LogP contribution in [0.5, 0.6) is 0 Å². The Labute approximate surface area is 107 Å². The first-order valence-electron chi connectivity index (χ1n) is 7.96.